The maximum Gasteiger partial charge on any atom is 0.340 e. The Morgan fingerprint density at radius 1 is 1.00 bits per heavy atom. The quantitative estimate of drug-likeness (QED) is 0.407. The number of hydrogen-bond donors (Lipinski definition) is 2. The van der Waals surface area contributed by atoms with Crippen LogP contribution in [-0.4, -0.2) is 16.2 Å². The van der Waals surface area contributed by atoms with Crippen LogP contribution in [0.15, 0.2) is 54.6 Å². The van der Waals surface area contributed by atoms with Crippen LogP contribution in [0.5, 0.6) is 23.0 Å². The Balaban J connectivity index is 1.93. The number of carbonyl (C=O) groups excluding carboxylic acids is 1. The van der Waals surface area contributed by atoms with Gasteiger partial charge in [-0.3, -0.25) is 0 Å². The van der Waals surface area contributed by atoms with E-state index in [-0.39, 0.29) is 16.3 Å². The normalized spacial score (nSPS) is 20.0. The van der Waals surface area contributed by atoms with Gasteiger partial charge in [-0.25, -0.2) is 4.79 Å². The molecule has 0 aromatic heterocycles. The SMILES string of the molecule is CC(Br)c1c(O)ccc2c1Oc1cc(O)ccc1C21OC(=O)c2ccccc21. The summed E-state index contributed by atoms with van der Waals surface area (Å²) in [5.74, 6) is 0.455. The van der Waals surface area contributed by atoms with E-state index in [2.05, 4.69) is 15.9 Å². The van der Waals surface area contributed by atoms with Crippen molar-refractivity contribution in [3.05, 3.63) is 82.4 Å². The maximum absolute atomic E-state index is 12.7. The van der Waals surface area contributed by atoms with Gasteiger partial charge in [0.1, 0.15) is 23.0 Å². The van der Waals surface area contributed by atoms with Crippen molar-refractivity contribution in [2.24, 2.45) is 0 Å². The summed E-state index contributed by atoms with van der Waals surface area (Å²) in [5.41, 5.74) is 1.77. The summed E-state index contributed by atoms with van der Waals surface area (Å²) < 4.78 is 12.2. The standard InChI is InChI=1S/C22H15BrO5/c1-11(23)19-17(25)9-8-16-20(19)27-18-10-12(24)6-7-15(18)22(16)14-5-3-2-4-13(14)21(26)28-22/h2-11,24-25H,1H3. The summed E-state index contributed by atoms with van der Waals surface area (Å²) >= 11 is 3.51. The summed E-state index contributed by atoms with van der Waals surface area (Å²) in [7, 11) is 0. The largest absolute Gasteiger partial charge is 0.508 e. The third-order valence-corrected chi connectivity index (χ3v) is 5.74. The van der Waals surface area contributed by atoms with Gasteiger partial charge in [0.2, 0.25) is 0 Å². The monoisotopic (exact) mass is 438 g/mol. The van der Waals surface area contributed by atoms with Crippen molar-refractivity contribution < 1.29 is 24.5 Å². The fourth-order valence-corrected chi connectivity index (χ4v) is 4.56. The van der Waals surface area contributed by atoms with Crippen LogP contribution in [0, 0.1) is 0 Å². The number of fused-ring (bicyclic) bond motifs is 6. The Morgan fingerprint density at radius 2 is 1.75 bits per heavy atom. The lowest BCUT2D eigenvalue weighted by molar-refractivity contribution is 0.0223. The summed E-state index contributed by atoms with van der Waals surface area (Å²) in [6, 6.07) is 15.3. The van der Waals surface area contributed by atoms with Gasteiger partial charge < -0.3 is 19.7 Å². The molecule has 2 atom stereocenters. The highest BCUT2D eigenvalue weighted by molar-refractivity contribution is 9.09. The molecule has 2 unspecified atom stereocenters. The van der Waals surface area contributed by atoms with Gasteiger partial charge in [0.15, 0.2) is 5.60 Å². The number of ether oxygens (including phenoxy) is 2. The topological polar surface area (TPSA) is 76.0 Å². The van der Waals surface area contributed by atoms with Crippen molar-refractivity contribution in [3.63, 3.8) is 0 Å². The Kier molecular flexibility index (Phi) is 3.52. The van der Waals surface area contributed by atoms with E-state index >= 15 is 0 Å². The number of esters is 1. The molecule has 2 heterocycles. The van der Waals surface area contributed by atoms with Crippen LogP contribution in [0.25, 0.3) is 0 Å². The molecule has 5 nitrogen and oxygen atoms in total. The smallest absolute Gasteiger partial charge is 0.340 e. The van der Waals surface area contributed by atoms with Crippen molar-refractivity contribution in [1.29, 1.82) is 0 Å². The van der Waals surface area contributed by atoms with Gasteiger partial charge in [-0.2, -0.15) is 0 Å². The molecule has 0 saturated heterocycles. The number of aromatic hydroxyl groups is 2. The molecule has 5 rings (SSSR count). The van der Waals surface area contributed by atoms with Crippen molar-refractivity contribution in [2.45, 2.75) is 17.4 Å². The van der Waals surface area contributed by atoms with Crippen LogP contribution in [-0.2, 0) is 10.3 Å². The minimum atomic E-state index is -1.21. The van der Waals surface area contributed by atoms with Gasteiger partial charge >= 0.3 is 5.97 Å². The van der Waals surface area contributed by atoms with E-state index in [9.17, 15) is 15.0 Å². The number of carbonyl (C=O) groups is 1. The highest BCUT2D eigenvalue weighted by Gasteiger charge is 2.54. The molecule has 28 heavy (non-hydrogen) atoms. The van der Waals surface area contributed by atoms with Gasteiger partial charge in [0.05, 0.1) is 11.1 Å². The van der Waals surface area contributed by atoms with Crippen LogP contribution >= 0.6 is 15.9 Å². The van der Waals surface area contributed by atoms with E-state index in [1.165, 1.54) is 12.1 Å². The number of alkyl halides is 1. The van der Waals surface area contributed by atoms with E-state index in [1.807, 2.05) is 19.1 Å². The van der Waals surface area contributed by atoms with Crippen molar-refractivity contribution >= 4 is 21.9 Å². The Bertz CT molecular complexity index is 1150. The van der Waals surface area contributed by atoms with Crippen molar-refractivity contribution in [3.8, 4) is 23.0 Å². The second kappa shape index (κ2) is 5.75. The number of phenolic OH excluding ortho intramolecular Hbond substituents is 2. The molecule has 0 aliphatic carbocycles. The van der Waals surface area contributed by atoms with Crippen molar-refractivity contribution in [2.75, 3.05) is 0 Å². The third kappa shape index (κ3) is 2.09. The second-order valence-corrected chi connectivity index (χ2v) is 8.26. The molecule has 0 radical (unpaired) electrons. The van der Waals surface area contributed by atoms with Gasteiger partial charge in [-0.05, 0) is 37.3 Å². The van der Waals surface area contributed by atoms with Gasteiger partial charge in [-0.15, -0.1) is 0 Å². The average Bonchev–Trinajstić information content (AvgIpc) is 2.95. The lowest BCUT2D eigenvalue weighted by atomic mass is 9.77. The second-order valence-electron chi connectivity index (χ2n) is 6.89. The van der Waals surface area contributed by atoms with Crippen LogP contribution in [0.1, 0.15) is 44.4 Å². The van der Waals surface area contributed by atoms with Crippen LogP contribution in [0.2, 0.25) is 0 Å². The zero-order valence-corrected chi connectivity index (χ0v) is 16.4. The zero-order valence-electron chi connectivity index (χ0n) is 14.8. The van der Waals surface area contributed by atoms with Crippen LogP contribution < -0.4 is 4.74 Å². The predicted molar refractivity (Wildman–Crippen MR) is 105 cm³/mol. The molecule has 1 spiro atoms. The first-order valence-corrected chi connectivity index (χ1v) is 9.69. The molecule has 2 aliphatic rings. The van der Waals surface area contributed by atoms with E-state index in [0.29, 0.717) is 39.3 Å². The summed E-state index contributed by atoms with van der Waals surface area (Å²) in [4.78, 5) is 12.5. The fourth-order valence-electron chi connectivity index (χ4n) is 4.12. The third-order valence-electron chi connectivity index (χ3n) is 5.28. The molecule has 3 aromatic rings. The zero-order chi connectivity index (χ0) is 19.6. The predicted octanol–water partition coefficient (Wildman–Crippen LogP) is 5.12. The minimum absolute atomic E-state index is 0.0311. The van der Waals surface area contributed by atoms with E-state index in [0.717, 1.165) is 0 Å². The molecule has 0 bridgehead atoms. The molecule has 3 aromatic carbocycles. The molecule has 2 aliphatic heterocycles. The lowest BCUT2D eigenvalue weighted by Crippen LogP contribution is -2.33. The number of rotatable bonds is 1. The average molecular weight is 439 g/mol. The molecule has 6 heteroatoms. The van der Waals surface area contributed by atoms with Crippen LogP contribution in [0.3, 0.4) is 0 Å². The lowest BCUT2D eigenvalue weighted by Gasteiger charge is -2.37. The number of hydrogen-bond acceptors (Lipinski definition) is 5. The number of phenols is 2. The molecule has 2 N–H and O–H groups in total. The van der Waals surface area contributed by atoms with E-state index in [4.69, 9.17) is 9.47 Å². The molecular formula is C22H15BrO5. The molecule has 0 fully saturated rings. The number of benzene rings is 3. The van der Waals surface area contributed by atoms with Crippen molar-refractivity contribution in [1.82, 2.24) is 0 Å². The summed E-state index contributed by atoms with van der Waals surface area (Å²) in [6.07, 6.45) is 0. The van der Waals surface area contributed by atoms with E-state index < -0.39 is 11.6 Å². The van der Waals surface area contributed by atoms with Crippen LogP contribution in [0.4, 0.5) is 0 Å². The highest BCUT2D eigenvalue weighted by atomic mass is 79.9. The first-order valence-electron chi connectivity index (χ1n) is 8.78. The Morgan fingerprint density at radius 3 is 2.54 bits per heavy atom. The number of halogens is 1. The maximum atomic E-state index is 12.7. The van der Waals surface area contributed by atoms with Gasteiger partial charge in [0, 0.05) is 27.6 Å². The van der Waals surface area contributed by atoms with Gasteiger partial charge in [0.25, 0.3) is 0 Å². The molecule has 140 valence electrons. The molecule has 0 saturated carbocycles. The first-order chi connectivity index (χ1) is 13.4. The van der Waals surface area contributed by atoms with E-state index in [1.54, 1.807) is 30.3 Å². The summed E-state index contributed by atoms with van der Waals surface area (Å²) in [5, 5.41) is 20.5. The molecular weight excluding hydrogens is 424 g/mol. The highest BCUT2D eigenvalue weighted by Crippen LogP contribution is 2.59. The molecule has 0 amide bonds. The summed E-state index contributed by atoms with van der Waals surface area (Å²) in [6.45, 7) is 1.87. The Hall–Kier alpha value is -2.99. The first kappa shape index (κ1) is 17.1. The Labute approximate surface area is 169 Å². The fraction of sp³-hybridized carbons (Fsp3) is 0.136. The van der Waals surface area contributed by atoms with Gasteiger partial charge in [-0.1, -0.05) is 34.1 Å². The minimum Gasteiger partial charge on any atom is -0.508 e.